The Bertz CT molecular complexity index is 298. The maximum Gasteiger partial charge on any atom is 0.0626 e. The van der Waals surface area contributed by atoms with Crippen LogP contribution < -0.4 is 0 Å². The van der Waals surface area contributed by atoms with Crippen LogP contribution in [0.4, 0.5) is 0 Å². The maximum atomic E-state index is 7.79. The molecule has 0 saturated carbocycles. The highest BCUT2D eigenvalue weighted by atomic mass is 14.2. The van der Waals surface area contributed by atoms with Crippen molar-refractivity contribution in [3.05, 3.63) is 35.3 Å². The monoisotopic (exact) mass is 150 g/mol. The molecule has 1 rings (SSSR count). The highest BCUT2D eigenvalue weighted by Gasteiger charge is 2.14. The fraction of sp³-hybridized carbons (Fsp3) is 0.455. The zero-order valence-electron chi connectivity index (χ0n) is 9.65. The molecule has 11 heavy (non-hydrogen) atoms. The minimum atomic E-state index is -0.00509. The molecule has 60 valence electrons. The lowest BCUT2D eigenvalue weighted by molar-refractivity contribution is 0.586. The van der Waals surface area contributed by atoms with Crippen molar-refractivity contribution in [3.8, 4) is 0 Å². The fourth-order valence-electron chi connectivity index (χ4n) is 1.27. The van der Waals surface area contributed by atoms with Crippen molar-refractivity contribution in [2.75, 3.05) is 0 Å². The molecule has 0 aliphatic rings. The molecular formula is C11H16. The van der Waals surface area contributed by atoms with Crippen molar-refractivity contribution in [3.63, 3.8) is 0 Å². The van der Waals surface area contributed by atoms with E-state index >= 15 is 0 Å². The van der Waals surface area contributed by atoms with Gasteiger partial charge in [0.15, 0.2) is 0 Å². The van der Waals surface area contributed by atoms with Crippen LogP contribution in [0.5, 0.6) is 0 Å². The first kappa shape index (κ1) is 5.82. The minimum Gasteiger partial charge on any atom is -0.0620 e. The van der Waals surface area contributed by atoms with Gasteiger partial charge < -0.3 is 0 Å². The van der Waals surface area contributed by atoms with Gasteiger partial charge in [0.05, 0.1) is 2.74 Å². The standard InChI is InChI=1S/C11H16/c1-9-7-5-6-8-10(9)11(2,3)4/h5-8H,1-4H3/i5D,8D. The van der Waals surface area contributed by atoms with Crippen LogP contribution in [0.1, 0.15) is 34.6 Å². The van der Waals surface area contributed by atoms with Crippen molar-refractivity contribution in [1.29, 1.82) is 0 Å². The number of hydrogen-bond donors (Lipinski definition) is 0. The summed E-state index contributed by atoms with van der Waals surface area (Å²) in [7, 11) is 0. The molecule has 0 radical (unpaired) electrons. The largest absolute Gasteiger partial charge is 0.0626 e. The average molecular weight is 150 g/mol. The Hall–Kier alpha value is -0.780. The first-order valence-corrected chi connectivity index (χ1v) is 3.90. The Balaban J connectivity index is 3.38. The molecule has 0 fully saturated rings. The smallest absolute Gasteiger partial charge is 0.0620 e. The topological polar surface area (TPSA) is 0 Å². The van der Waals surface area contributed by atoms with E-state index in [0.29, 0.717) is 12.1 Å². The number of benzene rings is 1. The van der Waals surface area contributed by atoms with Crippen LogP contribution in [0.25, 0.3) is 0 Å². The van der Waals surface area contributed by atoms with Crippen molar-refractivity contribution < 1.29 is 2.74 Å². The van der Waals surface area contributed by atoms with E-state index in [1.54, 1.807) is 6.07 Å². The van der Waals surface area contributed by atoms with Gasteiger partial charge in [-0.1, -0.05) is 45.0 Å². The Morgan fingerprint density at radius 1 is 1.36 bits per heavy atom. The summed E-state index contributed by atoms with van der Waals surface area (Å²) in [6, 6.07) is 4.33. The summed E-state index contributed by atoms with van der Waals surface area (Å²) in [5, 5.41) is 0. The van der Waals surface area contributed by atoms with Crippen LogP contribution in [-0.2, 0) is 5.41 Å². The summed E-state index contributed by atoms with van der Waals surface area (Å²) in [5.41, 5.74) is 2.09. The van der Waals surface area contributed by atoms with Gasteiger partial charge in [0.25, 0.3) is 0 Å². The molecule has 0 spiro atoms. The lowest BCUT2D eigenvalue weighted by atomic mass is 9.84. The lowest BCUT2D eigenvalue weighted by Gasteiger charge is -2.21. The molecule has 0 bridgehead atoms. The third-order valence-corrected chi connectivity index (χ3v) is 1.74. The molecule has 0 saturated heterocycles. The van der Waals surface area contributed by atoms with Gasteiger partial charge in [-0.15, -0.1) is 0 Å². The third kappa shape index (κ3) is 1.83. The fourth-order valence-corrected chi connectivity index (χ4v) is 1.27. The van der Waals surface area contributed by atoms with E-state index < -0.39 is 0 Å². The van der Waals surface area contributed by atoms with Crippen LogP contribution in [0, 0.1) is 6.92 Å². The maximum absolute atomic E-state index is 7.79. The first-order chi connectivity index (χ1) is 5.82. The van der Waals surface area contributed by atoms with Crippen molar-refractivity contribution in [1.82, 2.24) is 0 Å². The van der Waals surface area contributed by atoms with Crippen LogP contribution in [0.3, 0.4) is 0 Å². The minimum absolute atomic E-state index is 0.00509. The molecule has 1 aromatic carbocycles. The molecule has 0 aliphatic heterocycles. The lowest BCUT2D eigenvalue weighted by Crippen LogP contribution is -2.12. The molecule has 0 amide bonds. The Morgan fingerprint density at radius 3 is 2.45 bits per heavy atom. The molecule has 0 unspecified atom stereocenters. The average Bonchev–Trinajstić information content (AvgIpc) is 1.78. The normalized spacial score (nSPS) is 14.2. The summed E-state index contributed by atoms with van der Waals surface area (Å²) < 4.78 is 15.2. The molecule has 0 nitrogen and oxygen atoms in total. The van der Waals surface area contributed by atoms with E-state index in [9.17, 15) is 0 Å². The van der Waals surface area contributed by atoms with E-state index in [1.807, 2.05) is 13.0 Å². The molecular weight excluding hydrogens is 132 g/mol. The van der Waals surface area contributed by atoms with E-state index in [1.165, 1.54) is 0 Å². The van der Waals surface area contributed by atoms with Gasteiger partial charge in [0.1, 0.15) is 0 Å². The van der Waals surface area contributed by atoms with Crippen molar-refractivity contribution >= 4 is 0 Å². The molecule has 0 aliphatic carbocycles. The van der Waals surface area contributed by atoms with Gasteiger partial charge in [0.2, 0.25) is 0 Å². The van der Waals surface area contributed by atoms with E-state index in [0.717, 1.165) is 11.1 Å². The van der Waals surface area contributed by atoms with Crippen molar-refractivity contribution in [2.45, 2.75) is 33.1 Å². The van der Waals surface area contributed by atoms with Gasteiger partial charge in [-0.2, -0.15) is 0 Å². The Morgan fingerprint density at radius 2 is 2.00 bits per heavy atom. The predicted octanol–water partition coefficient (Wildman–Crippen LogP) is 3.29. The van der Waals surface area contributed by atoms with Gasteiger partial charge in [0, 0.05) is 0 Å². The molecule has 0 N–H and O–H groups in total. The van der Waals surface area contributed by atoms with Crippen LogP contribution >= 0.6 is 0 Å². The molecule has 1 aromatic rings. The van der Waals surface area contributed by atoms with Gasteiger partial charge in [-0.05, 0) is 23.5 Å². The summed E-state index contributed by atoms with van der Waals surface area (Å²) in [4.78, 5) is 0. The first-order valence-electron chi connectivity index (χ1n) is 4.90. The second-order valence-electron chi connectivity index (χ2n) is 3.91. The second kappa shape index (κ2) is 2.69. The third-order valence-electron chi connectivity index (χ3n) is 1.74. The van der Waals surface area contributed by atoms with Gasteiger partial charge in [-0.25, -0.2) is 0 Å². The van der Waals surface area contributed by atoms with Crippen molar-refractivity contribution in [2.24, 2.45) is 0 Å². The summed E-state index contributed by atoms with van der Waals surface area (Å²) in [6.07, 6.45) is 0. The predicted molar refractivity (Wildman–Crippen MR) is 49.9 cm³/mol. The highest BCUT2D eigenvalue weighted by Crippen LogP contribution is 2.24. The number of rotatable bonds is 0. The van der Waals surface area contributed by atoms with Crippen LogP contribution in [-0.4, -0.2) is 0 Å². The number of aryl methyl sites for hydroxylation is 1. The highest BCUT2D eigenvalue weighted by molar-refractivity contribution is 5.31. The van der Waals surface area contributed by atoms with Gasteiger partial charge in [-0.3, -0.25) is 0 Å². The van der Waals surface area contributed by atoms with E-state index in [-0.39, 0.29) is 5.41 Å². The molecule has 0 aromatic heterocycles. The Kier molecular flexibility index (Phi) is 1.42. The Labute approximate surface area is 72.1 Å². The summed E-state index contributed by atoms with van der Waals surface area (Å²) in [6.45, 7) is 8.25. The zero-order chi connectivity index (χ0) is 10.2. The van der Waals surface area contributed by atoms with E-state index in [2.05, 4.69) is 20.8 Å². The second-order valence-corrected chi connectivity index (χ2v) is 3.91. The SMILES string of the molecule is [2H]c1cc([2H])c(C(C)(C)C)c(C)c1. The van der Waals surface area contributed by atoms with E-state index in [4.69, 9.17) is 2.74 Å². The molecule has 0 heterocycles. The summed E-state index contributed by atoms with van der Waals surface area (Å²) >= 11 is 0. The summed E-state index contributed by atoms with van der Waals surface area (Å²) in [5.74, 6) is 0. The molecule has 0 atom stereocenters. The molecule has 0 heteroatoms. The van der Waals surface area contributed by atoms with Crippen LogP contribution in [0.15, 0.2) is 24.2 Å². The zero-order valence-corrected chi connectivity index (χ0v) is 7.65. The number of hydrogen-bond acceptors (Lipinski definition) is 0. The van der Waals surface area contributed by atoms with Crippen LogP contribution in [0.2, 0.25) is 0 Å². The van der Waals surface area contributed by atoms with Gasteiger partial charge >= 0.3 is 0 Å². The quantitative estimate of drug-likeness (QED) is 0.532.